The first kappa shape index (κ1) is 11.0. The van der Waals surface area contributed by atoms with E-state index in [9.17, 15) is 9.59 Å². The zero-order valence-corrected chi connectivity index (χ0v) is 8.53. The molecule has 3 nitrogen and oxygen atoms in total. The van der Waals surface area contributed by atoms with Gasteiger partial charge in [-0.15, -0.1) is 0 Å². The van der Waals surface area contributed by atoms with Crippen LogP contribution in [0.1, 0.15) is 21.5 Å². The van der Waals surface area contributed by atoms with Crippen LogP contribution in [0, 0.1) is 18.8 Å². The summed E-state index contributed by atoms with van der Waals surface area (Å²) >= 11 is 0. The largest absolute Gasteiger partial charge is 0.459 e. The molecule has 0 saturated heterocycles. The van der Waals surface area contributed by atoms with Gasteiger partial charge in [-0.25, -0.2) is 4.79 Å². The van der Waals surface area contributed by atoms with Crippen LogP contribution in [0.25, 0.3) is 0 Å². The van der Waals surface area contributed by atoms with Gasteiger partial charge in [-0.3, -0.25) is 4.79 Å². The Morgan fingerprint density at radius 1 is 1.47 bits per heavy atom. The monoisotopic (exact) mass is 202 g/mol. The molecule has 0 saturated carbocycles. The lowest BCUT2D eigenvalue weighted by Gasteiger charge is -1.97. The molecule has 0 aliphatic carbocycles. The molecule has 0 atom stereocenters. The predicted molar refractivity (Wildman–Crippen MR) is 55.5 cm³/mol. The SMILES string of the molecule is COC(=O)C#Cc1cc(C)ccc1C=O. The van der Waals surface area contributed by atoms with E-state index in [1.807, 2.05) is 13.0 Å². The van der Waals surface area contributed by atoms with E-state index < -0.39 is 5.97 Å². The van der Waals surface area contributed by atoms with Crippen LogP contribution in [0.15, 0.2) is 18.2 Å². The van der Waals surface area contributed by atoms with Crippen molar-refractivity contribution < 1.29 is 14.3 Å². The maximum Gasteiger partial charge on any atom is 0.384 e. The van der Waals surface area contributed by atoms with E-state index in [1.54, 1.807) is 12.1 Å². The van der Waals surface area contributed by atoms with Crippen LogP contribution in [0.3, 0.4) is 0 Å². The summed E-state index contributed by atoms with van der Waals surface area (Å²) in [4.78, 5) is 21.5. The standard InChI is InChI=1S/C12H10O3/c1-9-3-4-11(8-13)10(7-9)5-6-12(14)15-2/h3-4,7-8H,1-2H3. The number of aryl methyl sites for hydroxylation is 1. The average molecular weight is 202 g/mol. The van der Waals surface area contributed by atoms with Crippen LogP contribution in [0.5, 0.6) is 0 Å². The van der Waals surface area contributed by atoms with Gasteiger partial charge in [-0.1, -0.05) is 18.1 Å². The molecule has 76 valence electrons. The number of carbonyl (C=O) groups is 2. The first-order chi connectivity index (χ1) is 7.17. The summed E-state index contributed by atoms with van der Waals surface area (Å²) in [6.07, 6.45) is 0.709. The first-order valence-corrected chi connectivity index (χ1v) is 4.33. The van der Waals surface area contributed by atoms with E-state index in [0.717, 1.165) is 5.56 Å². The fourth-order valence-electron chi connectivity index (χ4n) is 1.05. The van der Waals surface area contributed by atoms with Crippen molar-refractivity contribution in [1.82, 2.24) is 0 Å². The average Bonchev–Trinajstić information content (AvgIpc) is 2.26. The number of rotatable bonds is 1. The number of benzene rings is 1. The molecule has 1 aromatic carbocycles. The van der Waals surface area contributed by atoms with Crippen LogP contribution in [0.4, 0.5) is 0 Å². The number of ether oxygens (including phenoxy) is 1. The van der Waals surface area contributed by atoms with Crippen molar-refractivity contribution in [1.29, 1.82) is 0 Å². The number of aldehydes is 1. The molecular weight excluding hydrogens is 192 g/mol. The molecule has 1 rings (SSSR count). The smallest absolute Gasteiger partial charge is 0.384 e. The molecule has 0 radical (unpaired) electrons. The quantitative estimate of drug-likeness (QED) is 0.392. The van der Waals surface area contributed by atoms with Crippen molar-refractivity contribution in [2.24, 2.45) is 0 Å². The molecule has 0 bridgehead atoms. The van der Waals surface area contributed by atoms with Gasteiger partial charge in [0, 0.05) is 17.0 Å². The molecule has 0 aromatic heterocycles. The molecule has 0 spiro atoms. The Morgan fingerprint density at radius 3 is 2.80 bits per heavy atom. The van der Waals surface area contributed by atoms with Gasteiger partial charge in [0.05, 0.1) is 7.11 Å². The minimum atomic E-state index is -0.617. The Hall–Kier alpha value is -2.08. The summed E-state index contributed by atoms with van der Waals surface area (Å²) < 4.78 is 4.37. The Balaban J connectivity index is 3.10. The molecule has 0 heterocycles. The van der Waals surface area contributed by atoms with Crippen molar-refractivity contribution in [3.05, 3.63) is 34.9 Å². The fraction of sp³-hybridized carbons (Fsp3) is 0.167. The molecule has 0 fully saturated rings. The van der Waals surface area contributed by atoms with Crippen LogP contribution in [-0.2, 0) is 9.53 Å². The predicted octanol–water partition coefficient (Wildman–Crippen LogP) is 1.33. The highest BCUT2D eigenvalue weighted by atomic mass is 16.5. The van der Waals surface area contributed by atoms with Gasteiger partial charge in [0.25, 0.3) is 0 Å². The van der Waals surface area contributed by atoms with Gasteiger partial charge in [0.2, 0.25) is 0 Å². The van der Waals surface area contributed by atoms with Crippen molar-refractivity contribution in [3.63, 3.8) is 0 Å². The van der Waals surface area contributed by atoms with E-state index >= 15 is 0 Å². The Morgan fingerprint density at radius 2 is 2.20 bits per heavy atom. The van der Waals surface area contributed by atoms with Crippen molar-refractivity contribution in [2.45, 2.75) is 6.92 Å². The zero-order valence-electron chi connectivity index (χ0n) is 8.53. The molecule has 0 N–H and O–H groups in total. The van der Waals surface area contributed by atoms with Gasteiger partial charge in [0.15, 0.2) is 6.29 Å². The summed E-state index contributed by atoms with van der Waals surface area (Å²) in [5.41, 5.74) is 1.99. The fourth-order valence-corrected chi connectivity index (χ4v) is 1.05. The van der Waals surface area contributed by atoms with Gasteiger partial charge < -0.3 is 4.74 Å². The highest BCUT2D eigenvalue weighted by molar-refractivity contribution is 5.90. The minimum absolute atomic E-state index is 0.469. The lowest BCUT2D eigenvalue weighted by Crippen LogP contribution is -1.95. The Kier molecular flexibility index (Phi) is 3.64. The maximum atomic E-state index is 10.8. The number of esters is 1. The van der Waals surface area contributed by atoms with Crippen LogP contribution in [-0.4, -0.2) is 19.4 Å². The van der Waals surface area contributed by atoms with Gasteiger partial charge in [-0.05, 0) is 18.6 Å². The summed E-state index contributed by atoms with van der Waals surface area (Å²) in [5.74, 6) is 4.26. The van der Waals surface area contributed by atoms with E-state index in [4.69, 9.17) is 0 Å². The number of methoxy groups -OCH3 is 1. The normalized spacial score (nSPS) is 8.67. The Bertz CT molecular complexity index is 450. The van der Waals surface area contributed by atoms with Gasteiger partial charge in [0.1, 0.15) is 0 Å². The second-order valence-electron chi connectivity index (χ2n) is 2.95. The van der Waals surface area contributed by atoms with E-state index in [2.05, 4.69) is 16.6 Å². The summed E-state index contributed by atoms with van der Waals surface area (Å²) in [6, 6.07) is 5.23. The number of hydrogen-bond donors (Lipinski definition) is 0. The molecule has 0 amide bonds. The Labute approximate surface area is 88.1 Å². The van der Waals surface area contributed by atoms with Gasteiger partial charge >= 0.3 is 5.97 Å². The second-order valence-corrected chi connectivity index (χ2v) is 2.95. The second kappa shape index (κ2) is 4.97. The first-order valence-electron chi connectivity index (χ1n) is 4.33. The third-order valence-electron chi connectivity index (χ3n) is 1.82. The topological polar surface area (TPSA) is 43.4 Å². The third kappa shape index (κ3) is 2.96. The lowest BCUT2D eigenvalue weighted by atomic mass is 10.1. The van der Waals surface area contributed by atoms with Gasteiger partial charge in [-0.2, -0.15) is 0 Å². The summed E-state index contributed by atoms with van der Waals surface area (Å²) in [5, 5.41) is 0. The molecule has 1 aromatic rings. The summed E-state index contributed by atoms with van der Waals surface area (Å²) in [7, 11) is 1.26. The highest BCUT2D eigenvalue weighted by Gasteiger charge is 1.99. The molecular formula is C12H10O3. The minimum Gasteiger partial charge on any atom is -0.459 e. The van der Waals surface area contributed by atoms with Crippen molar-refractivity contribution in [2.75, 3.05) is 7.11 Å². The van der Waals surface area contributed by atoms with Crippen LogP contribution >= 0.6 is 0 Å². The molecule has 15 heavy (non-hydrogen) atoms. The van der Waals surface area contributed by atoms with E-state index in [1.165, 1.54) is 7.11 Å². The van der Waals surface area contributed by atoms with Crippen molar-refractivity contribution >= 4 is 12.3 Å². The van der Waals surface area contributed by atoms with Crippen LogP contribution in [0.2, 0.25) is 0 Å². The van der Waals surface area contributed by atoms with E-state index in [-0.39, 0.29) is 0 Å². The summed E-state index contributed by atoms with van der Waals surface area (Å²) in [6.45, 7) is 1.89. The number of hydrogen-bond acceptors (Lipinski definition) is 3. The third-order valence-corrected chi connectivity index (χ3v) is 1.82. The molecule has 0 aliphatic heterocycles. The van der Waals surface area contributed by atoms with Crippen LogP contribution < -0.4 is 0 Å². The molecule has 3 heteroatoms. The lowest BCUT2D eigenvalue weighted by molar-refractivity contribution is -0.133. The zero-order chi connectivity index (χ0) is 11.3. The van der Waals surface area contributed by atoms with Crippen molar-refractivity contribution in [3.8, 4) is 11.8 Å². The number of carbonyl (C=O) groups excluding carboxylic acids is 2. The molecule has 0 unspecified atom stereocenters. The molecule has 0 aliphatic rings. The highest BCUT2D eigenvalue weighted by Crippen LogP contribution is 2.08. The van der Waals surface area contributed by atoms with E-state index in [0.29, 0.717) is 17.4 Å². The maximum absolute atomic E-state index is 10.8.